The summed E-state index contributed by atoms with van der Waals surface area (Å²) in [5.41, 5.74) is 1.08. The van der Waals surface area contributed by atoms with Crippen LogP contribution in [0.5, 0.6) is 0 Å². The molecule has 168 valence electrons. The largest absolute Gasteiger partial charge is 0.490 e. The van der Waals surface area contributed by atoms with Crippen LogP contribution in [-0.2, 0) is 16.1 Å². The third-order valence-corrected chi connectivity index (χ3v) is 6.05. The summed E-state index contributed by atoms with van der Waals surface area (Å²) in [6, 6.07) is 7.54. The number of benzene rings is 1. The van der Waals surface area contributed by atoms with Gasteiger partial charge in [-0.15, -0.1) is 0 Å². The first kappa shape index (κ1) is 23.0. The fourth-order valence-corrected chi connectivity index (χ4v) is 4.67. The molecule has 2 heterocycles. The molecule has 2 aliphatic heterocycles. The fraction of sp³-hybridized carbons (Fsp3) is 0.667. The molecular weight excluding hydrogens is 404 g/mol. The van der Waals surface area contributed by atoms with Crippen molar-refractivity contribution >= 4 is 5.97 Å². The summed E-state index contributed by atoms with van der Waals surface area (Å²) in [5.74, 6) is -2.22. The van der Waals surface area contributed by atoms with E-state index in [0.29, 0.717) is 18.1 Å². The van der Waals surface area contributed by atoms with Gasteiger partial charge in [-0.1, -0.05) is 12.1 Å². The Kier molecular flexibility index (Phi) is 7.70. The minimum Gasteiger partial charge on any atom is -0.475 e. The van der Waals surface area contributed by atoms with Gasteiger partial charge in [-0.3, -0.25) is 4.90 Å². The Morgan fingerprint density at radius 3 is 2.53 bits per heavy atom. The van der Waals surface area contributed by atoms with Crippen LogP contribution in [0.1, 0.15) is 31.2 Å². The zero-order valence-corrected chi connectivity index (χ0v) is 16.8. The maximum absolute atomic E-state index is 13.4. The van der Waals surface area contributed by atoms with E-state index in [9.17, 15) is 17.6 Å². The lowest BCUT2D eigenvalue weighted by molar-refractivity contribution is -0.192. The van der Waals surface area contributed by atoms with Gasteiger partial charge in [0.1, 0.15) is 5.82 Å². The van der Waals surface area contributed by atoms with E-state index in [4.69, 9.17) is 14.6 Å². The van der Waals surface area contributed by atoms with Crippen LogP contribution in [-0.4, -0.2) is 72.0 Å². The third-order valence-electron chi connectivity index (χ3n) is 6.05. The minimum absolute atomic E-state index is 0.134. The molecule has 0 aromatic heterocycles. The molecule has 1 N–H and O–H groups in total. The number of carboxylic acids is 1. The molecule has 1 saturated carbocycles. The summed E-state index contributed by atoms with van der Waals surface area (Å²) >= 11 is 0. The summed E-state index contributed by atoms with van der Waals surface area (Å²) < 4.78 is 51.4. The van der Waals surface area contributed by atoms with Crippen molar-refractivity contribution in [2.45, 2.75) is 50.6 Å². The van der Waals surface area contributed by atoms with Crippen LogP contribution < -0.4 is 0 Å². The summed E-state index contributed by atoms with van der Waals surface area (Å²) in [5, 5.41) is 7.12. The Hall–Kier alpha value is -1.71. The molecule has 9 heteroatoms. The van der Waals surface area contributed by atoms with Crippen LogP contribution >= 0.6 is 0 Å². The second kappa shape index (κ2) is 10.1. The number of hydrogen-bond acceptors (Lipinski definition) is 4. The van der Waals surface area contributed by atoms with E-state index in [1.165, 1.54) is 44.8 Å². The van der Waals surface area contributed by atoms with Crippen molar-refractivity contribution < 1.29 is 32.2 Å². The summed E-state index contributed by atoms with van der Waals surface area (Å²) in [7, 11) is 0. The van der Waals surface area contributed by atoms with Gasteiger partial charge < -0.3 is 14.7 Å². The van der Waals surface area contributed by atoms with Gasteiger partial charge in [-0.2, -0.15) is 13.2 Å². The quantitative estimate of drug-likeness (QED) is 0.697. The van der Waals surface area contributed by atoms with E-state index < -0.39 is 12.1 Å². The first-order chi connectivity index (χ1) is 14.2. The van der Waals surface area contributed by atoms with Crippen LogP contribution in [0, 0.1) is 11.7 Å². The number of halogens is 4. The van der Waals surface area contributed by atoms with Crippen LogP contribution in [0.2, 0.25) is 0 Å². The maximum Gasteiger partial charge on any atom is 0.490 e. The first-order valence-corrected chi connectivity index (χ1v) is 10.4. The summed E-state index contributed by atoms with van der Waals surface area (Å²) in [4.78, 5) is 13.9. The molecule has 2 saturated heterocycles. The third kappa shape index (κ3) is 6.15. The highest BCUT2D eigenvalue weighted by Crippen LogP contribution is 2.40. The van der Waals surface area contributed by atoms with E-state index in [2.05, 4.69) is 9.80 Å². The van der Waals surface area contributed by atoms with E-state index in [-0.39, 0.29) is 5.82 Å². The zero-order chi connectivity index (χ0) is 21.7. The lowest BCUT2D eigenvalue weighted by Gasteiger charge is -2.27. The SMILES string of the molecule is Fc1cccc(CN2CC3CCC2C3OCCN2CCCC2)c1.O=C(O)C(F)(F)F. The maximum atomic E-state index is 13.4. The molecule has 3 fully saturated rings. The van der Waals surface area contributed by atoms with E-state index >= 15 is 0 Å². The predicted octanol–water partition coefficient (Wildman–Crippen LogP) is 3.53. The number of fused-ring (bicyclic) bond motifs is 2. The standard InChI is InChI=1S/C19H27FN2O.C2HF3O2/c20-17-5-3-4-15(12-17)13-22-14-16-6-7-18(22)19(16)23-11-10-21-8-1-2-9-21;3-2(4,5)1(6)7/h3-5,12,16,18-19H,1-2,6-11,13-14H2;(H,6,7). The molecule has 0 amide bonds. The minimum atomic E-state index is -5.08. The molecule has 3 atom stereocenters. The van der Waals surface area contributed by atoms with Crippen molar-refractivity contribution in [3.8, 4) is 0 Å². The molecule has 0 radical (unpaired) electrons. The molecule has 4 rings (SSSR count). The van der Waals surface area contributed by atoms with E-state index in [1.807, 2.05) is 12.1 Å². The van der Waals surface area contributed by atoms with E-state index in [1.54, 1.807) is 6.07 Å². The average molecular weight is 432 g/mol. The van der Waals surface area contributed by atoms with Gasteiger partial charge in [-0.05, 0) is 62.4 Å². The molecular formula is C21H28F4N2O3. The smallest absolute Gasteiger partial charge is 0.475 e. The number of carboxylic acid groups (broad SMARTS) is 1. The Labute approximate surface area is 173 Å². The number of nitrogens with zero attached hydrogens (tertiary/aromatic N) is 2. The van der Waals surface area contributed by atoms with Gasteiger partial charge in [0.15, 0.2) is 0 Å². The lowest BCUT2D eigenvalue weighted by Crippen LogP contribution is -2.35. The Bertz CT molecular complexity index is 710. The van der Waals surface area contributed by atoms with Gasteiger partial charge in [0.05, 0.1) is 12.7 Å². The molecule has 30 heavy (non-hydrogen) atoms. The molecule has 1 aromatic carbocycles. The number of carbonyl (C=O) groups is 1. The Balaban J connectivity index is 0.000000318. The van der Waals surface area contributed by atoms with Crippen molar-refractivity contribution in [2.24, 2.45) is 5.92 Å². The second-order valence-electron chi connectivity index (χ2n) is 8.15. The van der Waals surface area contributed by atoms with Gasteiger partial charge in [-0.25, -0.2) is 9.18 Å². The van der Waals surface area contributed by atoms with Crippen LogP contribution in [0.4, 0.5) is 17.6 Å². The number of likely N-dealkylation sites (tertiary alicyclic amines) is 2. The lowest BCUT2D eigenvalue weighted by atomic mass is 10.1. The van der Waals surface area contributed by atoms with Crippen molar-refractivity contribution in [3.63, 3.8) is 0 Å². The monoisotopic (exact) mass is 432 g/mol. The van der Waals surface area contributed by atoms with Crippen LogP contribution in [0.15, 0.2) is 24.3 Å². The zero-order valence-electron chi connectivity index (χ0n) is 16.8. The van der Waals surface area contributed by atoms with Gasteiger partial charge in [0.25, 0.3) is 0 Å². The molecule has 2 bridgehead atoms. The van der Waals surface area contributed by atoms with Crippen molar-refractivity contribution in [3.05, 3.63) is 35.6 Å². The summed E-state index contributed by atoms with van der Waals surface area (Å²) in [6.07, 6.45) is 0.519. The number of ether oxygens (including phenoxy) is 1. The molecule has 1 aromatic rings. The molecule has 3 aliphatic rings. The van der Waals surface area contributed by atoms with E-state index in [0.717, 1.165) is 31.8 Å². The number of rotatable bonds is 6. The van der Waals surface area contributed by atoms with Crippen LogP contribution in [0.3, 0.4) is 0 Å². The molecule has 1 aliphatic carbocycles. The Morgan fingerprint density at radius 2 is 1.90 bits per heavy atom. The molecule has 3 unspecified atom stereocenters. The van der Waals surface area contributed by atoms with Gasteiger partial charge >= 0.3 is 12.1 Å². The number of hydrogen-bond donors (Lipinski definition) is 1. The van der Waals surface area contributed by atoms with Crippen molar-refractivity contribution in [2.75, 3.05) is 32.8 Å². The number of piperidine rings is 1. The number of aliphatic carboxylic acids is 1. The van der Waals surface area contributed by atoms with Crippen molar-refractivity contribution in [1.82, 2.24) is 9.80 Å². The average Bonchev–Trinajstić information content (AvgIpc) is 3.39. The van der Waals surface area contributed by atoms with Crippen LogP contribution in [0.25, 0.3) is 0 Å². The highest BCUT2D eigenvalue weighted by atomic mass is 19.4. The highest BCUT2D eigenvalue weighted by molar-refractivity contribution is 5.73. The highest BCUT2D eigenvalue weighted by Gasteiger charge is 2.47. The second-order valence-corrected chi connectivity index (χ2v) is 8.15. The molecule has 5 nitrogen and oxygen atoms in total. The normalized spacial score (nSPS) is 26.6. The van der Waals surface area contributed by atoms with Crippen molar-refractivity contribution in [1.29, 1.82) is 0 Å². The topological polar surface area (TPSA) is 53.0 Å². The Morgan fingerprint density at radius 1 is 1.20 bits per heavy atom. The predicted molar refractivity (Wildman–Crippen MR) is 102 cm³/mol. The van der Waals surface area contributed by atoms with Gasteiger partial charge in [0, 0.05) is 25.7 Å². The molecule has 0 spiro atoms. The summed E-state index contributed by atoms with van der Waals surface area (Å²) in [6.45, 7) is 6.39. The first-order valence-electron chi connectivity index (χ1n) is 10.4. The van der Waals surface area contributed by atoms with Gasteiger partial charge in [0.2, 0.25) is 0 Å². The fourth-order valence-electron chi connectivity index (χ4n) is 4.67. The number of alkyl halides is 3.